The highest BCUT2D eigenvalue weighted by atomic mass is 127. The van der Waals surface area contributed by atoms with Gasteiger partial charge in [-0.25, -0.2) is 0 Å². The molecule has 0 aliphatic heterocycles. The predicted molar refractivity (Wildman–Crippen MR) is 47.8 cm³/mol. The van der Waals surface area contributed by atoms with Crippen LogP contribution in [0.25, 0.3) is 0 Å². The van der Waals surface area contributed by atoms with Crippen molar-refractivity contribution in [1.82, 2.24) is 0 Å². The van der Waals surface area contributed by atoms with Crippen LogP contribution in [0.2, 0.25) is 0 Å². The number of aliphatic hydroxyl groups is 1. The summed E-state index contributed by atoms with van der Waals surface area (Å²) in [5.74, 6) is 0. The third-order valence-electron chi connectivity index (χ3n) is 1.40. The van der Waals surface area contributed by atoms with Crippen molar-refractivity contribution in [3.63, 3.8) is 0 Å². The molecule has 0 aromatic carbocycles. The minimum atomic E-state index is 0.295. The highest BCUT2D eigenvalue weighted by molar-refractivity contribution is 14.1. The Kier molecular flexibility index (Phi) is 4.79. The second kappa shape index (κ2) is 4.46. The number of quaternary nitrogens is 1. The number of hydrogen-bond acceptors (Lipinski definition) is 1. The van der Waals surface area contributed by atoms with Crippen molar-refractivity contribution in [2.75, 3.05) is 38.2 Å². The molecule has 0 aliphatic carbocycles. The Hall–Kier alpha value is 0.650. The first-order valence-corrected chi connectivity index (χ1v) is 4.64. The Labute approximate surface area is 70.6 Å². The topological polar surface area (TPSA) is 20.2 Å². The van der Waals surface area contributed by atoms with Crippen LogP contribution >= 0.6 is 22.6 Å². The van der Waals surface area contributed by atoms with Crippen LogP contribution in [0.5, 0.6) is 0 Å². The van der Waals surface area contributed by atoms with E-state index in [2.05, 4.69) is 36.7 Å². The first-order valence-electron chi connectivity index (χ1n) is 3.11. The summed E-state index contributed by atoms with van der Waals surface area (Å²) in [6.07, 6.45) is 0. The van der Waals surface area contributed by atoms with E-state index < -0.39 is 0 Å². The van der Waals surface area contributed by atoms with Crippen molar-refractivity contribution in [3.8, 4) is 0 Å². The van der Waals surface area contributed by atoms with Gasteiger partial charge in [-0.15, -0.1) is 0 Å². The highest BCUT2D eigenvalue weighted by Gasteiger charge is 2.11. The Balaban J connectivity index is 3.43. The lowest BCUT2D eigenvalue weighted by Gasteiger charge is -2.27. The predicted octanol–water partition coefficient (Wildman–Crippen LogP) is 0.490. The molecule has 0 radical (unpaired) electrons. The van der Waals surface area contributed by atoms with Crippen molar-refractivity contribution >= 4 is 22.6 Å². The number of nitrogens with zero attached hydrogens (tertiary/aromatic N) is 1. The molecule has 2 nitrogen and oxygen atoms in total. The van der Waals surface area contributed by atoms with E-state index in [0.717, 1.165) is 22.0 Å². The SMILES string of the molecule is C[N+](C)(CCO)CCI. The molecule has 0 amide bonds. The summed E-state index contributed by atoms with van der Waals surface area (Å²) < 4.78 is 2.09. The lowest BCUT2D eigenvalue weighted by Crippen LogP contribution is -2.43. The van der Waals surface area contributed by atoms with E-state index in [9.17, 15) is 0 Å². The van der Waals surface area contributed by atoms with Crippen molar-refractivity contribution in [2.24, 2.45) is 0 Å². The third kappa shape index (κ3) is 5.11. The van der Waals surface area contributed by atoms with Gasteiger partial charge >= 0.3 is 0 Å². The molecule has 1 N–H and O–H groups in total. The molecule has 0 unspecified atom stereocenters. The molecule has 0 atom stereocenters. The quantitative estimate of drug-likeness (QED) is 0.433. The van der Waals surface area contributed by atoms with Crippen LogP contribution in [-0.4, -0.2) is 47.8 Å². The van der Waals surface area contributed by atoms with Gasteiger partial charge in [0.2, 0.25) is 0 Å². The average Bonchev–Trinajstić information content (AvgIpc) is 1.64. The van der Waals surface area contributed by atoms with Gasteiger partial charge in [-0.1, -0.05) is 22.6 Å². The number of likely N-dealkylation sites (N-methyl/N-ethyl adjacent to an activating group) is 1. The molecule has 0 rings (SSSR count). The fourth-order valence-corrected chi connectivity index (χ4v) is 1.92. The third-order valence-corrected chi connectivity index (χ3v) is 1.88. The molecule has 9 heavy (non-hydrogen) atoms. The lowest BCUT2D eigenvalue weighted by atomic mass is 10.4. The molecule has 56 valence electrons. The first-order chi connectivity index (χ1) is 4.12. The molecule has 0 heterocycles. The number of halogens is 1. The van der Waals surface area contributed by atoms with Gasteiger partial charge in [-0.05, 0) is 0 Å². The number of aliphatic hydroxyl groups excluding tert-OH is 1. The summed E-state index contributed by atoms with van der Waals surface area (Å²) in [6, 6.07) is 0. The summed E-state index contributed by atoms with van der Waals surface area (Å²) in [5.41, 5.74) is 0. The minimum Gasteiger partial charge on any atom is -0.391 e. The monoisotopic (exact) mass is 244 g/mol. The van der Waals surface area contributed by atoms with Gasteiger partial charge in [-0.2, -0.15) is 0 Å². The Bertz CT molecular complexity index is 67.5. The number of rotatable bonds is 4. The standard InChI is InChI=1S/C6H15INO/c1-8(2,4-3-7)5-6-9/h9H,3-6H2,1-2H3/q+1. The molecular weight excluding hydrogens is 229 g/mol. The van der Waals surface area contributed by atoms with Crippen LogP contribution in [0, 0.1) is 0 Å². The van der Waals surface area contributed by atoms with E-state index in [4.69, 9.17) is 5.11 Å². The summed E-state index contributed by atoms with van der Waals surface area (Å²) >= 11 is 2.36. The van der Waals surface area contributed by atoms with E-state index in [1.807, 2.05) is 0 Å². The Morgan fingerprint density at radius 2 is 1.89 bits per heavy atom. The van der Waals surface area contributed by atoms with E-state index in [-0.39, 0.29) is 0 Å². The van der Waals surface area contributed by atoms with Crippen LogP contribution in [0.3, 0.4) is 0 Å². The zero-order valence-corrected chi connectivity index (χ0v) is 8.26. The Morgan fingerprint density at radius 3 is 2.22 bits per heavy atom. The summed E-state index contributed by atoms with van der Waals surface area (Å²) in [6.45, 7) is 2.30. The normalized spacial score (nSPS) is 12.0. The van der Waals surface area contributed by atoms with Crippen molar-refractivity contribution in [3.05, 3.63) is 0 Å². The van der Waals surface area contributed by atoms with E-state index in [1.54, 1.807) is 0 Å². The maximum atomic E-state index is 8.61. The van der Waals surface area contributed by atoms with Gasteiger partial charge in [-0.3, -0.25) is 0 Å². The number of alkyl halides is 1. The molecule has 0 bridgehead atoms. The Morgan fingerprint density at radius 1 is 1.33 bits per heavy atom. The fourth-order valence-electron chi connectivity index (χ4n) is 0.611. The smallest absolute Gasteiger partial charge is 0.102 e. The largest absolute Gasteiger partial charge is 0.391 e. The molecule has 0 saturated heterocycles. The first kappa shape index (κ1) is 9.65. The lowest BCUT2D eigenvalue weighted by molar-refractivity contribution is -0.887. The zero-order valence-electron chi connectivity index (χ0n) is 6.10. The molecule has 0 spiro atoms. The maximum Gasteiger partial charge on any atom is 0.102 e. The second-order valence-corrected chi connectivity index (χ2v) is 3.87. The van der Waals surface area contributed by atoms with E-state index in [0.29, 0.717) is 6.61 Å². The molecule has 0 aromatic heterocycles. The molecule has 0 fully saturated rings. The highest BCUT2D eigenvalue weighted by Crippen LogP contribution is 1.96. The molecule has 0 saturated carbocycles. The van der Waals surface area contributed by atoms with Gasteiger partial charge in [0.25, 0.3) is 0 Å². The van der Waals surface area contributed by atoms with E-state index in [1.165, 1.54) is 0 Å². The van der Waals surface area contributed by atoms with E-state index >= 15 is 0 Å². The van der Waals surface area contributed by atoms with Gasteiger partial charge < -0.3 is 9.59 Å². The minimum absolute atomic E-state index is 0.295. The number of hydrogen-bond donors (Lipinski definition) is 1. The van der Waals surface area contributed by atoms with Gasteiger partial charge in [0.1, 0.15) is 6.54 Å². The summed E-state index contributed by atoms with van der Waals surface area (Å²) in [4.78, 5) is 0. The van der Waals surface area contributed by atoms with Crippen LogP contribution in [0.1, 0.15) is 0 Å². The van der Waals surface area contributed by atoms with Crippen LogP contribution in [0.15, 0.2) is 0 Å². The maximum absolute atomic E-state index is 8.61. The zero-order chi connectivity index (χ0) is 7.33. The molecular formula is C6H15INO+. The average molecular weight is 244 g/mol. The van der Waals surface area contributed by atoms with Crippen LogP contribution in [-0.2, 0) is 0 Å². The van der Waals surface area contributed by atoms with Crippen molar-refractivity contribution in [1.29, 1.82) is 0 Å². The van der Waals surface area contributed by atoms with Crippen LogP contribution < -0.4 is 0 Å². The summed E-state index contributed by atoms with van der Waals surface area (Å²) in [5, 5.41) is 8.61. The van der Waals surface area contributed by atoms with Gasteiger partial charge in [0.15, 0.2) is 0 Å². The molecule has 0 aliphatic rings. The van der Waals surface area contributed by atoms with Gasteiger partial charge in [0.05, 0.1) is 27.2 Å². The van der Waals surface area contributed by atoms with Gasteiger partial charge in [0, 0.05) is 4.43 Å². The molecule has 0 aromatic rings. The van der Waals surface area contributed by atoms with Crippen molar-refractivity contribution in [2.45, 2.75) is 0 Å². The molecule has 3 heteroatoms. The van der Waals surface area contributed by atoms with Crippen LogP contribution in [0.4, 0.5) is 0 Å². The second-order valence-electron chi connectivity index (χ2n) is 2.80. The van der Waals surface area contributed by atoms with Crippen molar-refractivity contribution < 1.29 is 9.59 Å². The summed E-state index contributed by atoms with van der Waals surface area (Å²) in [7, 11) is 4.27. The fraction of sp³-hybridized carbons (Fsp3) is 1.00.